The molecule has 6 rings (SSSR count). The van der Waals surface area contributed by atoms with Crippen LogP contribution in [-0.4, -0.2) is 76.5 Å². The van der Waals surface area contributed by atoms with Gasteiger partial charge in [-0.15, -0.1) is 0 Å². The Morgan fingerprint density at radius 1 is 0.907 bits per heavy atom. The predicted molar refractivity (Wildman–Crippen MR) is 201 cm³/mol. The standard InChI is InChI=1S/C40H47F4N5O4S/c1-24-18-32-33(45-39(54(7,50)51)46-38(32)49-17-16-47(4)21-26(49)3)20-31(24)35-36(40(42,43)44)25(2)19-34(37(35)41)48(22-27-8-12-29(52-5)13-9-27)23-28-10-14-30(53-6)15-11-28/h8-15,19,24,26,31H,16-18,20-23H2,1-7H3/t24?,26-,31?/m0/s1. The molecule has 9 nitrogen and oxygen atoms in total. The van der Waals surface area contributed by atoms with E-state index in [0.717, 1.165) is 30.5 Å². The summed E-state index contributed by atoms with van der Waals surface area (Å²) in [5, 5.41) is -0.387. The normalized spacial score (nSPS) is 19.4. The topological polar surface area (TPSA) is 88.1 Å². The molecule has 14 heteroatoms. The average molecular weight is 770 g/mol. The highest BCUT2D eigenvalue weighted by Crippen LogP contribution is 2.48. The Bertz CT molecular complexity index is 2050. The Morgan fingerprint density at radius 2 is 1.48 bits per heavy atom. The lowest BCUT2D eigenvalue weighted by Crippen LogP contribution is -2.51. The average Bonchev–Trinajstić information content (AvgIpc) is 3.11. The van der Waals surface area contributed by atoms with Crippen molar-refractivity contribution in [2.24, 2.45) is 5.92 Å². The summed E-state index contributed by atoms with van der Waals surface area (Å²) in [6.45, 7) is 7.65. The van der Waals surface area contributed by atoms with Crippen molar-refractivity contribution in [1.29, 1.82) is 0 Å². The van der Waals surface area contributed by atoms with Gasteiger partial charge in [-0.3, -0.25) is 0 Å². The summed E-state index contributed by atoms with van der Waals surface area (Å²) in [6, 6.07) is 15.8. The zero-order valence-corrected chi connectivity index (χ0v) is 32.5. The molecule has 2 heterocycles. The van der Waals surface area contributed by atoms with Crippen molar-refractivity contribution in [2.45, 2.75) is 70.0 Å². The number of alkyl halides is 3. The Kier molecular flexibility index (Phi) is 11.2. The zero-order chi connectivity index (χ0) is 39.1. The molecule has 0 spiro atoms. The van der Waals surface area contributed by atoms with Crippen LogP contribution < -0.4 is 19.3 Å². The van der Waals surface area contributed by atoms with Crippen LogP contribution in [0.3, 0.4) is 0 Å². The summed E-state index contributed by atoms with van der Waals surface area (Å²) in [7, 11) is 1.23. The number of rotatable bonds is 10. The molecule has 1 aromatic heterocycles. The number of nitrogens with zero attached hydrogens (tertiary/aromatic N) is 5. The first kappa shape index (κ1) is 39.3. The maximum Gasteiger partial charge on any atom is 0.417 e. The molecule has 0 bridgehead atoms. The summed E-state index contributed by atoms with van der Waals surface area (Å²) in [6.07, 6.45) is -3.68. The zero-order valence-electron chi connectivity index (χ0n) is 31.7. The van der Waals surface area contributed by atoms with Crippen LogP contribution in [-0.2, 0) is 41.9 Å². The van der Waals surface area contributed by atoms with E-state index in [4.69, 9.17) is 9.47 Å². The fourth-order valence-electron chi connectivity index (χ4n) is 7.88. The molecule has 1 saturated heterocycles. The van der Waals surface area contributed by atoms with E-state index in [2.05, 4.69) is 19.8 Å². The summed E-state index contributed by atoms with van der Waals surface area (Å²) in [4.78, 5) is 15.0. The molecule has 1 aliphatic heterocycles. The van der Waals surface area contributed by atoms with Gasteiger partial charge in [-0.2, -0.15) is 13.2 Å². The van der Waals surface area contributed by atoms with Gasteiger partial charge in [-0.25, -0.2) is 22.8 Å². The molecule has 0 N–H and O–H groups in total. The van der Waals surface area contributed by atoms with Gasteiger partial charge in [0.1, 0.15) is 17.3 Å². The number of likely N-dealkylation sites (N-methyl/N-ethyl adjacent to an activating group) is 1. The lowest BCUT2D eigenvalue weighted by molar-refractivity contribution is -0.139. The number of aromatic nitrogens is 2. The summed E-state index contributed by atoms with van der Waals surface area (Å²) >= 11 is 0. The quantitative estimate of drug-likeness (QED) is 0.123. The van der Waals surface area contributed by atoms with Crippen LogP contribution in [0.25, 0.3) is 0 Å². The van der Waals surface area contributed by atoms with Crippen molar-refractivity contribution in [1.82, 2.24) is 14.9 Å². The molecule has 54 heavy (non-hydrogen) atoms. The maximum atomic E-state index is 17.5. The molecule has 290 valence electrons. The first-order valence-electron chi connectivity index (χ1n) is 17.9. The second-order valence-corrected chi connectivity index (χ2v) is 16.6. The SMILES string of the molecule is COc1ccc(CN(Cc2ccc(OC)cc2)c2cc(C)c(C(F)(F)F)c(C3Cc4nc(S(C)(=O)=O)nc(N5CCN(C)C[C@@H]5C)c4CC3C)c2F)cc1. The Balaban J connectivity index is 1.50. The molecule has 1 aliphatic carbocycles. The molecular weight excluding hydrogens is 723 g/mol. The monoisotopic (exact) mass is 769 g/mol. The highest BCUT2D eigenvalue weighted by atomic mass is 32.2. The second-order valence-electron chi connectivity index (χ2n) is 14.7. The van der Waals surface area contributed by atoms with Crippen molar-refractivity contribution in [2.75, 3.05) is 57.0 Å². The van der Waals surface area contributed by atoms with E-state index in [9.17, 15) is 8.42 Å². The molecule has 2 aliphatic rings. The summed E-state index contributed by atoms with van der Waals surface area (Å²) in [5.41, 5.74) is 1.13. The number of ether oxygens (including phenoxy) is 2. The molecule has 2 unspecified atom stereocenters. The van der Waals surface area contributed by atoms with Crippen LogP contribution in [0.5, 0.6) is 11.5 Å². The number of methoxy groups -OCH3 is 2. The molecule has 3 aromatic carbocycles. The van der Waals surface area contributed by atoms with Crippen LogP contribution in [0.2, 0.25) is 0 Å². The minimum absolute atomic E-state index is 0.000756. The lowest BCUT2D eigenvalue weighted by atomic mass is 9.73. The first-order valence-corrected chi connectivity index (χ1v) is 19.8. The molecule has 4 aromatic rings. The molecular formula is C40H47F4N5O4S. The van der Waals surface area contributed by atoms with Crippen molar-refractivity contribution in [3.8, 4) is 11.5 Å². The highest BCUT2D eigenvalue weighted by Gasteiger charge is 2.44. The van der Waals surface area contributed by atoms with Crippen LogP contribution in [0.1, 0.15) is 58.8 Å². The number of hydrogen-bond acceptors (Lipinski definition) is 9. The minimum atomic E-state index is -4.86. The van der Waals surface area contributed by atoms with Gasteiger partial charge in [0.15, 0.2) is 5.82 Å². The van der Waals surface area contributed by atoms with Crippen molar-refractivity contribution in [3.63, 3.8) is 0 Å². The van der Waals surface area contributed by atoms with E-state index in [1.807, 2.05) is 45.2 Å². The number of fused-ring (bicyclic) bond motifs is 1. The largest absolute Gasteiger partial charge is 0.497 e. The fraction of sp³-hybridized carbons (Fsp3) is 0.450. The van der Waals surface area contributed by atoms with E-state index < -0.39 is 44.8 Å². The van der Waals surface area contributed by atoms with Crippen LogP contribution in [0.4, 0.5) is 29.1 Å². The van der Waals surface area contributed by atoms with E-state index >= 15 is 17.6 Å². The first-order chi connectivity index (χ1) is 25.5. The number of halogens is 4. The third kappa shape index (κ3) is 8.14. The van der Waals surface area contributed by atoms with Gasteiger partial charge in [-0.05, 0) is 92.6 Å². The number of aryl methyl sites for hydroxylation is 1. The number of hydrogen-bond donors (Lipinski definition) is 0. The van der Waals surface area contributed by atoms with E-state index in [1.54, 1.807) is 43.4 Å². The summed E-state index contributed by atoms with van der Waals surface area (Å²) < 4.78 is 99.3. The van der Waals surface area contributed by atoms with Crippen LogP contribution in [0, 0.1) is 18.7 Å². The molecule has 1 fully saturated rings. The molecule has 3 atom stereocenters. The summed E-state index contributed by atoms with van der Waals surface area (Å²) in [5.74, 6) is -0.624. The van der Waals surface area contributed by atoms with E-state index in [1.165, 1.54) is 13.0 Å². The Morgan fingerprint density at radius 3 is 1.98 bits per heavy atom. The van der Waals surface area contributed by atoms with Crippen LogP contribution in [0.15, 0.2) is 59.8 Å². The van der Waals surface area contributed by atoms with Crippen LogP contribution >= 0.6 is 0 Å². The minimum Gasteiger partial charge on any atom is -0.497 e. The molecule has 0 amide bonds. The highest BCUT2D eigenvalue weighted by molar-refractivity contribution is 7.90. The number of benzene rings is 3. The van der Waals surface area contributed by atoms with Crippen molar-refractivity contribution < 1.29 is 35.5 Å². The third-order valence-corrected chi connectivity index (χ3v) is 11.5. The van der Waals surface area contributed by atoms with Crippen molar-refractivity contribution >= 4 is 21.3 Å². The van der Waals surface area contributed by atoms with Gasteiger partial charge in [0, 0.05) is 56.1 Å². The number of sulfone groups is 1. The molecule has 0 radical (unpaired) electrons. The Labute approximate surface area is 314 Å². The van der Waals surface area contributed by atoms with E-state index in [-0.39, 0.29) is 48.4 Å². The number of anilines is 2. The number of piperazine rings is 1. The maximum absolute atomic E-state index is 17.5. The van der Waals surface area contributed by atoms with Gasteiger partial charge in [0.05, 0.1) is 31.2 Å². The smallest absolute Gasteiger partial charge is 0.417 e. The Hall–Kier alpha value is -4.43. The van der Waals surface area contributed by atoms with Gasteiger partial charge >= 0.3 is 6.18 Å². The fourth-order valence-corrected chi connectivity index (χ4v) is 8.40. The van der Waals surface area contributed by atoms with Crippen molar-refractivity contribution in [3.05, 3.63) is 99.5 Å². The van der Waals surface area contributed by atoms with Gasteiger partial charge in [0.25, 0.3) is 0 Å². The second kappa shape index (κ2) is 15.4. The predicted octanol–water partition coefficient (Wildman–Crippen LogP) is 7.23. The molecule has 0 saturated carbocycles. The van der Waals surface area contributed by atoms with Gasteiger partial charge in [-0.1, -0.05) is 31.2 Å². The lowest BCUT2D eigenvalue weighted by Gasteiger charge is -2.41. The van der Waals surface area contributed by atoms with Gasteiger partial charge in [0.2, 0.25) is 15.0 Å². The van der Waals surface area contributed by atoms with E-state index in [0.29, 0.717) is 35.1 Å². The third-order valence-electron chi connectivity index (χ3n) is 10.6. The van der Waals surface area contributed by atoms with Gasteiger partial charge < -0.3 is 24.2 Å².